The minimum Gasteiger partial charge on any atom is -0.459 e. The molecule has 2 aromatic heterocycles. The number of carbonyl (C=O) groups excluding carboxylic acids is 2. The first kappa shape index (κ1) is 15.8. The number of carbonyl (C=O) groups is 2. The van der Waals surface area contributed by atoms with Crippen molar-refractivity contribution in [2.75, 3.05) is 11.9 Å². The van der Waals surface area contributed by atoms with Crippen LogP contribution in [-0.4, -0.2) is 29.3 Å². The maximum atomic E-state index is 12.7. The molecule has 2 amide bonds. The van der Waals surface area contributed by atoms with E-state index in [4.69, 9.17) is 4.42 Å². The number of rotatable bonds is 6. The molecule has 0 unspecified atom stereocenters. The van der Waals surface area contributed by atoms with E-state index < -0.39 is 0 Å². The van der Waals surface area contributed by atoms with Crippen molar-refractivity contribution in [1.29, 1.82) is 0 Å². The zero-order valence-corrected chi connectivity index (χ0v) is 14.1. The van der Waals surface area contributed by atoms with Gasteiger partial charge in [0, 0.05) is 12.6 Å². The average molecular weight is 332 g/mol. The molecule has 1 saturated carbocycles. The molecular formula is C17H20N2O3S. The number of furan rings is 1. The second-order valence-corrected chi connectivity index (χ2v) is 7.26. The lowest BCUT2D eigenvalue weighted by Crippen LogP contribution is -2.35. The molecule has 1 fully saturated rings. The van der Waals surface area contributed by atoms with E-state index in [1.165, 1.54) is 17.6 Å². The van der Waals surface area contributed by atoms with E-state index in [9.17, 15) is 9.59 Å². The predicted molar refractivity (Wildman–Crippen MR) is 89.9 cm³/mol. The summed E-state index contributed by atoms with van der Waals surface area (Å²) in [6.07, 6.45) is 3.63. The van der Waals surface area contributed by atoms with Gasteiger partial charge in [-0.05, 0) is 43.0 Å². The van der Waals surface area contributed by atoms with Crippen LogP contribution in [-0.2, 0) is 0 Å². The zero-order chi connectivity index (χ0) is 16.4. The first-order valence-electron chi connectivity index (χ1n) is 7.80. The van der Waals surface area contributed by atoms with Gasteiger partial charge in [-0.25, -0.2) is 0 Å². The summed E-state index contributed by atoms with van der Waals surface area (Å²) in [6.45, 7) is 5.01. The minimum atomic E-state index is -0.308. The minimum absolute atomic E-state index is 0.0599. The molecule has 0 aliphatic heterocycles. The van der Waals surface area contributed by atoms with E-state index in [0.29, 0.717) is 21.8 Å². The predicted octanol–water partition coefficient (Wildman–Crippen LogP) is 3.85. The Hall–Kier alpha value is -2.08. The molecular weight excluding hydrogens is 312 g/mol. The normalized spacial score (nSPS) is 14.0. The van der Waals surface area contributed by atoms with E-state index in [-0.39, 0.29) is 17.6 Å². The van der Waals surface area contributed by atoms with Crippen molar-refractivity contribution in [3.05, 3.63) is 41.2 Å². The van der Waals surface area contributed by atoms with Crippen molar-refractivity contribution in [3.63, 3.8) is 0 Å². The molecule has 2 heterocycles. The van der Waals surface area contributed by atoms with Crippen molar-refractivity contribution in [1.82, 2.24) is 4.90 Å². The highest BCUT2D eigenvalue weighted by Crippen LogP contribution is 2.31. The van der Waals surface area contributed by atoms with Crippen LogP contribution in [0.15, 0.2) is 34.9 Å². The molecule has 1 N–H and O–H groups in total. The summed E-state index contributed by atoms with van der Waals surface area (Å²) in [5.74, 6) is 0.449. The number of anilines is 1. The third-order valence-electron chi connectivity index (χ3n) is 3.61. The van der Waals surface area contributed by atoms with Gasteiger partial charge in [-0.1, -0.05) is 13.8 Å². The van der Waals surface area contributed by atoms with Gasteiger partial charge in [0.25, 0.3) is 11.8 Å². The van der Waals surface area contributed by atoms with Crippen molar-refractivity contribution >= 4 is 28.2 Å². The first-order valence-corrected chi connectivity index (χ1v) is 8.62. The summed E-state index contributed by atoms with van der Waals surface area (Å²) in [5.41, 5.74) is 0. The molecule has 0 spiro atoms. The molecule has 1 aliphatic rings. The molecule has 23 heavy (non-hydrogen) atoms. The fourth-order valence-corrected chi connectivity index (χ4v) is 3.28. The molecule has 6 heteroatoms. The Bertz CT molecular complexity index is 687. The third-order valence-corrected chi connectivity index (χ3v) is 4.60. The highest BCUT2D eigenvalue weighted by Gasteiger charge is 2.33. The first-order chi connectivity index (χ1) is 11.0. The Kier molecular flexibility index (Phi) is 4.52. The van der Waals surface area contributed by atoms with Crippen LogP contribution in [0.4, 0.5) is 5.00 Å². The lowest BCUT2D eigenvalue weighted by Gasteiger charge is -2.23. The van der Waals surface area contributed by atoms with Gasteiger partial charge in [0.1, 0.15) is 0 Å². The molecule has 1 aliphatic carbocycles. The van der Waals surface area contributed by atoms with E-state index in [1.807, 2.05) is 4.90 Å². The molecule has 0 saturated heterocycles. The smallest absolute Gasteiger partial charge is 0.291 e. The topological polar surface area (TPSA) is 62.6 Å². The second-order valence-electron chi connectivity index (χ2n) is 6.18. The number of thiophene rings is 1. The molecule has 0 atom stereocenters. The van der Waals surface area contributed by atoms with Crippen LogP contribution in [0, 0.1) is 5.92 Å². The van der Waals surface area contributed by atoms with Gasteiger partial charge in [-0.3, -0.25) is 9.59 Å². The Morgan fingerprint density at radius 3 is 2.74 bits per heavy atom. The summed E-state index contributed by atoms with van der Waals surface area (Å²) < 4.78 is 5.06. The Morgan fingerprint density at radius 2 is 2.13 bits per heavy atom. The van der Waals surface area contributed by atoms with E-state index in [2.05, 4.69) is 19.2 Å². The summed E-state index contributed by atoms with van der Waals surface area (Å²) in [7, 11) is 0. The highest BCUT2D eigenvalue weighted by atomic mass is 32.1. The van der Waals surface area contributed by atoms with Crippen LogP contribution in [0.5, 0.6) is 0 Å². The molecule has 5 nitrogen and oxygen atoms in total. The van der Waals surface area contributed by atoms with Crippen LogP contribution in [0.3, 0.4) is 0 Å². The van der Waals surface area contributed by atoms with Crippen molar-refractivity contribution in [2.24, 2.45) is 5.92 Å². The van der Waals surface area contributed by atoms with Gasteiger partial charge in [0.05, 0.1) is 16.1 Å². The molecule has 0 radical (unpaired) electrons. The Morgan fingerprint density at radius 1 is 1.35 bits per heavy atom. The van der Waals surface area contributed by atoms with Gasteiger partial charge >= 0.3 is 0 Å². The molecule has 2 aromatic rings. The van der Waals surface area contributed by atoms with Gasteiger partial charge in [0.2, 0.25) is 0 Å². The Balaban J connectivity index is 1.68. The average Bonchev–Trinajstić information content (AvgIpc) is 3.01. The maximum Gasteiger partial charge on any atom is 0.291 e. The molecule has 3 rings (SSSR count). The molecule has 0 aromatic carbocycles. The largest absolute Gasteiger partial charge is 0.459 e. The number of nitrogens with one attached hydrogen (secondary N) is 1. The molecule has 122 valence electrons. The van der Waals surface area contributed by atoms with Gasteiger partial charge in [-0.2, -0.15) is 0 Å². The van der Waals surface area contributed by atoms with Crippen LogP contribution in [0.2, 0.25) is 0 Å². The standard InChI is InChI=1S/C17H20N2O3S/c1-11(2)10-19(12-5-6-12)17(21)14-7-8-15(23-14)18-16(20)13-4-3-9-22-13/h3-4,7-9,11-12H,5-6,10H2,1-2H3,(H,18,20). The fraction of sp³-hybridized carbons (Fsp3) is 0.412. The third kappa shape index (κ3) is 3.82. The zero-order valence-electron chi connectivity index (χ0n) is 13.2. The second kappa shape index (κ2) is 6.58. The Labute approximate surface area is 139 Å². The number of nitrogens with zero attached hydrogens (tertiary/aromatic N) is 1. The SMILES string of the molecule is CC(C)CN(C(=O)c1ccc(NC(=O)c2ccco2)s1)C1CC1. The quantitative estimate of drug-likeness (QED) is 0.874. The monoisotopic (exact) mass is 332 g/mol. The summed E-state index contributed by atoms with van der Waals surface area (Å²) in [6, 6.07) is 7.19. The maximum absolute atomic E-state index is 12.7. The van der Waals surface area contributed by atoms with E-state index >= 15 is 0 Å². The fourth-order valence-electron chi connectivity index (χ4n) is 2.42. The lowest BCUT2D eigenvalue weighted by atomic mass is 10.2. The van der Waals surface area contributed by atoms with Crippen LogP contribution < -0.4 is 5.32 Å². The number of hydrogen-bond donors (Lipinski definition) is 1. The van der Waals surface area contributed by atoms with E-state index in [1.54, 1.807) is 24.3 Å². The number of amides is 2. The van der Waals surface area contributed by atoms with Gasteiger partial charge < -0.3 is 14.6 Å². The van der Waals surface area contributed by atoms with Crippen molar-refractivity contribution in [2.45, 2.75) is 32.7 Å². The highest BCUT2D eigenvalue weighted by molar-refractivity contribution is 7.18. The summed E-state index contributed by atoms with van der Waals surface area (Å²) >= 11 is 1.30. The van der Waals surface area contributed by atoms with E-state index in [0.717, 1.165) is 19.4 Å². The van der Waals surface area contributed by atoms with Crippen LogP contribution in [0.25, 0.3) is 0 Å². The molecule has 0 bridgehead atoms. The van der Waals surface area contributed by atoms with Crippen molar-refractivity contribution in [3.8, 4) is 0 Å². The summed E-state index contributed by atoms with van der Waals surface area (Å²) in [4.78, 5) is 27.3. The van der Waals surface area contributed by atoms with Gasteiger partial charge in [-0.15, -0.1) is 11.3 Å². The van der Waals surface area contributed by atoms with Crippen LogP contribution >= 0.6 is 11.3 Å². The van der Waals surface area contributed by atoms with Crippen molar-refractivity contribution < 1.29 is 14.0 Å². The van der Waals surface area contributed by atoms with Gasteiger partial charge in [0.15, 0.2) is 5.76 Å². The summed E-state index contributed by atoms with van der Waals surface area (Å²) in [5, 5.41) is 3.41. The van der Waals surface area contributed by atoms with Crippen LogP contribution in [0.1, 0.15) is 46.9 Å². The lowest BCUT2D eigenvalue weighted by molar-refractivity contribution is 0.0727. The number of hydrogen-bond acceptors (Lipinski definition) is 4.